The van der Waals surface area contributed by atoms with Crippen LogP contribution in [0.25, 0.3) is 105 Å². The third kappa shape index (κ3) is 4.79. The van der Waals surface area contributed by atoms with Crippen LogP contribution in [0.1, 0.15) is 0 Å². The predicted octanol–water partition coefficient (Wildman–Crippen LogP) is 14.3. The van der Waals surface area contributed by atoms with E-state index in [4.69, 9.17) is 0 Å². The maximum absolute atomic E-state index is 2.46. The molecule has 0 aliphatic rings. The summed E-state index contributed by atoms with van der Waals surface area (Å²) in [5.74, 6) is 0. The summed E-state index contributed by atoms with van der Waals surface area (Å²) < 4.78 is 7.31. The summed E-state index contributed by atoms with van der Waals surface area (Å²) in [5.41, 5.74) is 15.5. The van der Waals surface area contributed by atoms with Crippen molar-refractivity contribution >= 4 is 65.4 Å². The average molecular weight is 726 g/mol. The van der Waals surface area contributed by atoms with Gasteiger partial charge in [0.25, 0.3) is 0 Å². The zero-order chi connectivity index (χ0) is 37.5. The highest BCUT2D eigenvalue weighted by atomic mass is 15.0. The van der Waals surface area contributed by atoms with Crippen molar-refractivity contribution in [3.05, 3.63) is 212 Å². The smallest absolute Gasteiger partial charge is 0.0641 e. The molecule has 57 heavy (non-hydrogen) atoms. The summed E-state index contributed by atoms with van der Waals surface area (Å²) in [6.45, 7) is 0. The van der Waals surface area contributed by atoms with E-state index in [1.807, 2.05) is 0 Å². The monoisotopic (exact) mass is 725 g/mol. The van der Waals surface area contributed by atoms with Gasteiger partial charge in [0.05, 0.1) is 33.1 Å². The Hall–Kier alpha value is -7.62. The molecule has 12 rings (SSSR count). The van der Waals surface area contributed by atoms with Crippen LogP contribution in [0, 0.1) is 0 Å². The van der Waals surface area contributed by atoms with Gasteiger partial charge in [-0.25, -0.2) is 0 Å². The fourth-order valence-electron chi connectivity index (χ4n) is 9.33. The number of hydrogen-bond donors (Lipinski definition) is 0. The summed E-state index contributed by atoms with van der Waals surface area (Å²) in [7, 11) is 0. The van der Waals surface area contributed by atoms with E-state index in [0.29, 0.717) is 0 Å². The van der Waals surface area contributed by atoms with Crippen molar-refractivity contribution in [3.63, 3.8) is 0 Å². The van der Waals surface area contributed by atoms with Gasteiger partial charge in [-0.2, -0.15) is 0 Å². The van der Waals surface area contributed by atoms with E-state index in [1.54, 1.807) is 0 Å². The SMILES string of the molecule is c1ccc(-c2cccc(-n3c4ccccc4c4cc(-c5ccc6c(c5)c5c(ccc7c8ccccc8n(-c8ccccc8)c75)n6-c5ccccc5)ccc43)c2)cc1. The molecule has 0 amide bonds. The second-order valence-electron chi connectivity index (χ2n) is 14.9. The highest BCUT2D eigenvalue weighted by molar-refractivity contribution is 6.26. The second kappa shape index (κ2) is 12.5. The zero-order valence-corrected chi connectivity index (χ0v) is 31.0. The first-order valence-corrected chi connectivity index (χ1v) is 19.6. The number of nitrogens with zero attached hydrogens (tertiary/aromatic N) is 3. The summed E-state index contributed by atoms with van der Waals surface area (Å²) >= 11 is 0. The van der Waals surface area contributed by atoms with Crippen molar-refractivity contribution in [1.29, 1.82) is 0 Å². The molecule has 0 saturated heterocycles. The minimum Gasteiger partial charge on any atom is -0.309 e. The summed E-state index contributed by atoms with van der Waals surface area (Å²) in [6, 6.07) is 77.4. The van der Waals surface area contributed by atoms with E-state index in [1.165, 1.54) is 87.7 Å². The van der Waals surface area contributed by atoms with Crippen LogP contribution in [0.3, 0.4) is 0 Å². The number of aromatic nitrogens is 3. The molecule has 0 saturated carbocycles. The lowest BCUT2D eigenvalue weighted by atomic mass is 10.00. The molecule has 9 aromatic carbocycles. The first kappa shape index (κ1) is 31.7. The Kier molecular flexibility index (Phi) is 6.93. The molecule has 0 bridgehead atoms. The summed E-state index contributed by atoms with van der Waals surface area (Å²) in [6.07, 6.45) is 0. The number of benzene rings is 9. The van der Waals surface area contributed by atoms with Crippen LogP contribution in [0.4, 0.5) is 0 Å². The number of para-hydroxylation sites is 4. The van der Waals surface area contributed by atoms with Crippen LogP contribution in [0.2, 0.25) is 0 Å². The lowest BCUT2D eigenvalue weighted by Gasteiger charge is -2.11. The standard InChI is InChI=1S/C54H35N3/c1-4-15-36(16-5-1)37-17-14-22-42(33-37)56-48-25-12-11-24-44(48)46-34-38(27-30-50(46)56)39-28-31-51-47(35-39)53-52(55(51)40-18-6-2-7-19-40)32-29-45-43-23-10-13-26-49(43)57(54(45)53)41-20-8-3-9-21-41/h1-35H. The molecule has 0 unspecified atom stereocenters. The van der Waals surface area contributed by atoms with Crippen LogP contribution in [-0.2, 0) is 0 Å². The van der Waals surface area contributed by atoms with E-state index in [0.717, 1.165) is 17.1 Å². The number of hydrogen-bond acceptors (Lipinski definition) is 0. The minimum atomic E-state index is 1.15. The maximum atomic E-state index is 2.46. The van der Waals surface area contributed by atoms with Crippen molar-refractivity contribution < 1.29 is 0 Å². The summed E-state index contributed by atoms with van der Waals surface area (Å²) in [4.78, 5) is 0. The molecular weight excluding hydrogens is 691 g/mol. The van der Waals surface area contributed by atoms with Gasteiger partial charge in [-0.15, -0.1) is 0 Å². The van der Waals surface area contributed by atoms with Gasteiger partial charge >= 0.3 is 0 Å². The molecule has 3 heterocycles. The third-order valence-electron chi connectivity index (χ3n) is 11.8. The highest BCUT2D eigenvalue weighted by Gasteiger charge is 2.22. The molecule has 0 radical (unpaired) electrons. The van der Waals surface area contributed by atoms with Gasteiger partial charge in [-0.05, 0) is 101 Å². The molecule has 0 aliphatic carbocycles. The van der Waals surface area contributed by atoms with E-state index in [2.05, 4.69) is 226 Å². The third-order valence-corrected chi connectivity index (χ3v) is 11.8. The Labute approximate surface area is 329 Å². The van der Waals surface area contributed by atoms with Crippen LogP contribution >= 0.6 is 0 Å². The predicted molar refractivity (Wildman–Crippen MR) is 240 cm³/mol. The van der Waals surface area contributed by atoms with Gasteiger partial charge in [0.15, 0.2) is 0 Å². The molecule has 0 atom stereocenters. The van der Waals surface area contributed by atoms with Crippen molar-refractivity contribution in [1.82, 2.24) is 13.7 Å². The van der Waals surface area contributed by atoms with E-state index < -0.39 is 0 Å². The molecular formula is C54H35N3. The fourth-order valence-corrected chi connectivity index (χ4v) is 9.33. The van der Waals surface area contributed by atoms with Gasteiger partial charge in [0, 0.05) is 49.4 Å². The maximum Gasteiger partial charge on any atom is 0.0641 e. The molecule has 3 aromatic heterocycles. The Bertz CT molecular complexity index is 3500. The topological polar surface area (TPSA) is 14.8 Å². The van der Waals surface area contributed by atoms with Gasteiger partial charge < -0.3 is 13.7 Å². The van der Waals surface area contributed by atoms with Crippen LogP contribution in [0.5, 0.6) is 0 Å². The largest absolute Gasteiger partial charge is 0.309 e. The lowest BCUT2D eigenvalue weighted by Crippen LogP contribution is -1.95. The fraction of sp³-hybridized carbons (Fsp3) is 0. The molecule has 0 N–H and O–H groups in total. The Morgan fingerprint density at radius 3 is 1.39 bits per heavy atom. The normalized spacial score (nSPS) is 11.9. The second-order valence-corrected chi connectivity index (χ2v) is 14.9. The van der Waals surface area contributed by atoms with Crippen LogP contribution < -0.4 is 0 Å². The van der Waals surface area contributed by atoms with Crippen LogP contribution in [0.15, 0.2) is 212 Å². The van der Waals surface area contributed by atoms with Crippen LogP contribution in [-0.4, -0.2) is 13.7 Å². The zero-order valence-electron chi connectivity index (χ0n) is 31.0. The molecule has 0 aliphatic heterocycles. The van der Waals surface area contributed by atoms with Gasteiger partial charge in [-0.3, -0.25) is 0 Å². The molecule has 12 aromatic rings. The molecule has 3 heteroatoms. The van der Waals surface area contributed by atoms with E-state index in [9.17, 15) is 0 Å². The Morgan fingerprint density at radius 1 is 0.228 bits per heavy atom. The quantitative estimate of drug-likeness (QED) is 0.168. The van der Waals surface area contributed by atoms with E-state index >= 15 is 0 Å². The first-order chi connectivity index (χ1) is 28.3. The number of fused-ring (bicyclic) bond motifs is 10. The summed E-state index contributed by atoms with van der Waals surface area (Å²) in [5, 5.41) is 7.49. The molecule has 0 spiro atoms. The Morgan fingerprint density at radius 2 is 0.684 bits per heavy atom. The van der Waals surface area contributed by atoms with Crippen molar-refractivity contribution in [2.75, 3.05) is 0 Å². The minimum absolute atomic E-state index is 1.15. The van der Waals surface area contributed by atoms with Gasteiger partial charge in [0.1, 0.15) is 0 Å². The highest BCUT2D eigenvalue weighted by Crippen LogP contribution is 2.44. The molecule has 0 fully saturated rings. The van der Waals surface area contributed by atoms with Gasteiger partial charge in [-0.1, -0.05) is 133 Å². The van der Waals surface area contributed by atoms with Gasteiger partial charge in [0.2, 0.25) is 0 Å². The van der Waals surface area contributed by atoms with Crippen molar-refractivity contribution in [2.24, 2.45) is 0 Å². The lowest BCUT2D eigenvalue weighted by molar-refractivity contribution is 1.17. The van der Waals surface area contributed by atoms with Crippen molar-refractivity contribution in [3.8, 4) is 39.3 Å². The molecule has 266 valence electrons. The number of rotatable bonds is 5. The Balaban J connectivity index is 1.12. The molecule has 3 nitrogen and oxygen atoms in total. The average Bonchev–Trinajstić information content (AvgIpc) is 3.92. The first-order valence-electron chi connectivity index (χ1n) is 19.6. The van der Waals surface area contributed by atoms with Crippen molar-refractivity contribution in [2.45, 2.75) is 0 Å². The van der Waals surface area contributed by atoms with E-state index in [-0.39, 0.29) is 0 Å².